The van der Waals surface area contributed by atoms with E-state index in [9.17, 15) is 4.79 Å². The van der Waals surface area contributed by atoms with Gasteiger partial charge in [-0.2, -0.15) is 0 Å². The van der Waals surface area contributed by atoms with Crippen molar-refractivity contribution in [3.63, 3.8) is 0 Å². The highest BCUT2D eigenvalue weighted by atomic mass is 35.5. The summed E-state index contributed by atoms with van der Waals surface area (Å²) >= 11 is 15.4. The van der Waals surface area contributed by atoms with E-state index in [2.05, 4.69) is 24.0 Å². The summed E-state index contributed by atoms with van der Waals surface area (Å²) in [6.07, 6.45) is 0.672. The van der Waals surface area contributed by atoms with Crippen LogP contribution in [-0.2, 0) is 23.5 Å². The van der Waals surface area contributed by atoms with E-state index in [1.54, 1.807) is 33.7 Å². The molecule has 0 saturated carbocycles. The summed E-state index contributed by atoms with van der Waals surface area (Å²) in [5.74, 6) is 1.12. The molecule has 0 N–H and O–H groups in total. The van der Waals surface area contributed by atoms with Gasteiger partial charge in [-0.05, 0) is 49.2 Å². The van der Waals surface area contributed by atoms with Crippen LogP contribution in [0.2, 0.25) is 10.0 Å². The van der Waals surface area contributed by atoms with Crippen molar-refractivity contribution in [2.24, 2.45) is 0 Å². The molecule has 0 radical (unpaired) electrons. The normalized spacial score (nSPS) is 15.1. The van der Waals surface area contributed by atoms with Crippen molar-refractivity contribution in [2.75, 3.05) is 0 Å². The number of thiophene rings is 1. The first kappa shape index (κ1) is 23.1. The molecule has 0 fully saturated rings. The van der Waals surface area contributed by atoms with Gasteiger partial charge >= 0.3 is 0 Å². The monoisotopic (exact) mass is 542 g/mol. The van der Waals surface area contributed by atoms with Gasteiger partial charge in [0.05, 0.1) is 33.3 Å². The molecule has 3 aromatic heterocycles. The van der Waals surface area contributed by atoms with Crippen molar-refractivity contribution >= 4 is 62.3 Å². The molecule has 6 nitrogen and oxygen atoms in total. The number of hydrogen-bond donors (Lipinski definition) is 0. The fourth-order valence-electron chi connectivity index (χ4n) is 4.39. The van der Waals surface area contributed by atoms with Crippen LogP contribution in [0.4, 0.5) is 0 Å². The molecule has 0 saturated heterocycles. The summed E-state index contributed by atoms with van der Waals surface area (Å²) in [5.41, 5.74) is 2.42. The maximum absolute atomic E-state index is 14.0. The Bertz CT molecular complexity index is 1660. The summed E-state index contributed by atoms with van der Waals surface area (Å²) in [7, 11) is 0. The van der Waals surface area contributed by atoms with Gasteiger partial charge in [-0.3, -0.25) is 4.79 Å². The van der Waals surface area contributed by atoms with Crippen LogP contribution in [0.25, 0.3) is 21.7 Å². The topological polar surface area (TPSA) is 61.4 Å². The minimum Gasteiger partial charge on any atom is -0.370 e. The quantitative estimate of drug-likeness (QED) is 0.241. The molecule has 0 aliphatic carbocycles. The van der Waals surface area contributed by atoms with Crippen molar-refractivity contribution in [3.05, 3.63) is 84.9 Å². The average Bonchev–Trinajstić information content (AvgIpc) is 3.41. The second-order valence-corrected chi connectivity index (χ2v) is 11.9. The number of para-hydroxylation sites is 1. The number of benzene rings is 2. The highest BCUT2D eigenvalue weighted by Gasteiger charge is 2.32. The molecular formula is C25H20Cl2N4O2S2. The Morgan fingerprint density at radius 2 is 1.91 bits per heavy atom. The molecule has 1 aliphatic heterocycles. The van der Waals surface area contributed by atoms with Crippen LogP contribution in [0.1, 0.15) is 29.9 Å². The third-order valence-electron chi connectivity index (χ3n) is 6.07. The van der Waals surface area contributed by atoms with Crippen LogP contribution in [0.3, 0.4) is 0 Å². The lowest BCUT2D eigenvalue weighted by Gasteiger charge is -2.29. The summed E-state index contributed by atoms with van der Waals surface area (Å²) in [6, 6.07) is 15.2. The number of halogens is 2. The number of hydrogen-bond acceptors (Lipinski definition) is 6. The van der Waals surface area contributed by atoms with Gasteiger partial charge < -0.3 is 4.74 Å². The third-order valence-corrected chi connectivity index (χ3v) is 9.00. The van der Waals surface area contributed by atoms with Gasteiger partial charge in [-0.25, -0.2) is 8.97 Å². The number of rotatable bonds is 4. The zero-order valence-corrected chi connectivity index (χ0v) is 22.1. The first-order valence-corrected chi connectivity index (χ1v) is 13.6. The van der Waals surface area contributed by atoms with Gasteiger partial charge in [0, 0.05) is 17.1 Å². The SMILES string of the molecule is CC1(C)Cc2c(sc3c2c(=O)n(-c2ccccc2)c2nnc(SCc4ccc(Cl)c(Cl)c4)n32)CO1. The van der Waals surface area contributed by atoms with Crippen molar-refractivity contribution < 1.29 is 4.74 Å². The largest absolute Gasteiger partial charge is 0.370 e. The Morgan fingerprint density at radius 1 is 1.11 bits per heavy atom. The van der Waals surface area contributed by atoms with Gasteiger partial charge in [0.15, 0.2) is 5.16 Å². The molecular weight excluding hydrogens is 523 g/mol. The average molecular weight is 544 g/mol. The van der Waals surface area contributed by atoms with Crippen molar-refractivity contribution in [1.29, 1.82) is 0 Å². The highest BCUT2D eigenvalue weighted by molar-refractivity contribution is 7.98. The molecule has 6 rings (SSSR count). The van der Waals surface area contributed by atoms with Crippen molar-refractivity contribution in [1.82, 2.24) is 19.2 Å². The van der Waals surface area contributed by atoms with Crippen molar-refractivity contribution in [2.45, 2.75) is 43.4 Å². The molecule has 0 amide bonds. The maximum atomic E-state index is 14.0. The van der Waals surface area contributed by atoms with Gasteiger partial charge in [0.2, 0.25) is 5.78 Å². The summed E-state index contributed by atoms with van der Waals surface area (Å²) in [4.78, 5) is 15.9. The Balaban J connectivity index is 1.58. The second-order valence-electron chi connectivity index (χ2n) is 9.04. The van der Waals surface area contributed by atoms with Gasteiger partial charge in [0.25, 0.3) is 5.56 Å². The molecule has 178 valence electrons. The standard InChI is InChI=1S/C25H20Cl2N4O2S2/c1-25(2)11-16-19(12-33-25)35-22-20(16)21(32)30(15-6-4-3-5-7-15)23-28-29-24(31(22)23)34-13-14-8-9-17(26)18(27)10-14/h3-10H,11-13H2,1-2H3. The number of aromatic nitrogens is 4. The maximum Gasteiger partial charge on any atom is 0.268 e. The molecule has 0 unspecified atom stereocenters. The van der Waals surface area contributed by atoms with Crippen LogP contribution < -0.4 is 5.56 Å². The van der Waals surface area contributed by atoms with Crippen LogP contribution in [0.5, 0.6) is 0 Å². The number of nitrogens with zero attached hydrogens (tertiary/aromatic N) is 4. The number of fused-ring (bicyclic) bond motifs is 5. The van der Waals surface area contributed by atoms with E-state index in [1.807, 2.05) is 46.9 Å². The Hall–Kier alpha value is -2.36. The van der Waals surface area contributed by atoms with Crippen LogP contribution in [0.15, 0.2) is 58.5 Å². The fourth-order valence-corrected chi connectivity index (χ4v) is 6.86. The summed E-state index contributed by atoms with van der Waals surface area (Å²) < 4.78 is 9.72. The van der Waals surface area contributed by atoms with Gasteiger partial charge in [-0.1, -0.05) is 59.2 Å². The van der Waals surface area contributed by atoms with E-state index < -0.39 is 0 Å². The molecule has 0 atom stereocenters. The predicted molar refractivity (Wildman–Crippen MR) is 143 cm³/mol. The lowest BCUT2D eigenvalue weighted by atomic mass is 9.94. The van der Waals surface area contributed by atoms with E-state index in [0.717, 1.165) is 26.5 Å². The van der Waals surface area contributed by atoms with E-state index in [-0.39, 0.29) is 11.2 Å². The molecule has 5 aromatic rings. The van der Waals surface area contributed by atoms with E-state index in [1.165, 1.54) is 0 Å². The first-order chi connectivity index (χ1) is 16.8. The zero-order chi connectivity index (χ0) is 24.3. The Kier molecular flexibility index (Phi) is 5.69. The van der Waals surface area contributed by atoms with E-state index in [4.69, 9.17) is 27.9 Å². The molecule has 10 heteroatoms. The molecule has 35 heavy (non-hydrogen) atoms. The Morgan fingerprint density at radius 3 is 2.69 bits per heavy atom. The van der Waals surface area contributed by atoms with Crippen LogP contribution in [-0.4, -0.2) is 24.8 Å². The molecule has 0 bridgehead atoms. The van der Waals surface area contributed by atoms with Gasteiger partial charge in [0.1, 0.15) is 4.83 Å². The Labute approximate surface area is 219 Å². The summed E-state index contributed by atoms with van der Waals surface area (Å²) in [6.45, 7) is 4.61. The second kappa shape index (κ2) is 8.64. The van der Waals surface area contributed by atoms with E-state index in [0.29, 0.717) is 45.1 Å². The van der Waals surface area contributed by atoms with Gasteiger partial charge in [-0.15, -0.1) is 21.5 Å². The fraction of sp³-hybridized carbons (Fsp3) is 0.240. The van der Waals surface area contributed by atoms with Crippen LogP contribution in [0, 0.1) is 0 Å². The molecule has 2 aromatic carbocycles. The van der Waals surface area contributed by atoms with Crippen molar-refractivity contribution in [3.8, 4) is 5.69 Å². The first-order valence-electron chi connectivity index (χ1n) is 11.0. The third kappa shape index (κ3) is 3.97. The lowest BCUT2D eigenvalue weighted by Crippen LogP contribution is -2.32. The summed E-state index contributed by atoms with van der Waals surface area (Å²) in [5, 5.41) is 11.4. The minimum atomic E-state index is -0.335. The molecule has 4 heterocycles. The number of thioether (sulfide) groups is 1. The predicted octanol–water partition coefficient (Wildman–Crippen LogP) is 6.55. The minimum absolute atomic E-state index is 0.0812. The molecule has 0 spiro atoms. The smallest absolute Gasteiger partial charge is 0.268 e. The highest BCUT2D eigenvalue weighted by Crippen LogP contribution is 2.39. The van der Waals surface area contributed by atoms with Crippen LogP contribution >= 0.6 is 46.3 Å². The van der Waals surface area contributed by atoms with E-state index >= 15 is 0 Å². The molecule has 1 aliphatic rings. The lowest BCUT2D eigenvalue weighted by molar-refractivity contribution is -0.0379. The number of ether oxygens (including phenoxy) is 1. The zero-order valence-electron chi connectivity index (χ0n) is 18.9.